The molecule has 1 heterocycles. The highest BCUT2D eigenvalue weighted by Crippen LogP contribution is 2.23. The van der Waals surface area contributed by atoms with Gasteiger partial charge in [-0.3, -0.25) is 0 Å². The molecule has 0 saturated heterocycles. The molecule has 142 valence electrons. The molecule has 0 saturated carbocycles. The van der Waals surface area contributed by atoms with Gasteiger partial charge in [0.15, 0.2) is 0 Å². The molecule has 0 fully saturated rings. The third kappa shape index (κ3) is 3.76. The number of hydrogen-bond donors (Lipinski definition) is 0. The lowest BCUT2D eigenvalue weighted by Gasteiger charge is -2.11. The number of nitrogens with zero attached hydrogens (tertiary/aromatic N) is 2. The van der Waals surface area contributed by atoms with Gasteiger partial charge in [-0.15, -0.1) is 0 Å². The Labute approximate surface area is 177 Å². The molecule has 0 radical (unpaired) electrons. The van der Waals surface area contributed by atoms with Crippen molar-refractivity contribution in [2.75, 3.05) is 0 Å². The Hall–Kier alpha value is -3.11. The highest BCUT2D eigenvalue weighted by Gasteiger charge is 2.12. The molecule has 0 aliphatic heterocycles. The zero-order valence-electron chi connectivity index (χ0n) is 15.8. The fourth-order valence-electron chi connectivity index (χ4n) is 3.59. The number of halogens is 1. The molecule has 4 heteroatoms. The van der Waals surface area contributed by atoms with Gasteiger partial charge in [0, 0.05) is 11.0 Å². The average Bonchev–Trinajstić information content (AvgIpc) is 3.11. The molecular weight excluding hydrogens is 424 g/mol. The molecule has 0 N–H and O–H groups in total. The average molecular weight is 443 g/mol. The first-order chi connectivity index (χ1) is 14.3. The topological polar surface area (TPSA) is 27.1 Å². The molecule has 0 spiro atoms. The predicted octanol–water partition coefficient (Wildman–Crippen LogP) is 6.58. The summed E-state index contributed by atoms with van der Waals surface area (Å²) in [6.07, 6.45) is 0. The van der Waals surface area contributed by atoms with E-state index >= 15 is 0 Å². The van der Waals surface area contributed by atoms with Gasteiger partial charge in [-0.25, -0.2) is 4.98 Å². The fraction of sp³-hybridized carbons (Fsp3) is 0.0800. The van der Waals surface area contributed by atoms with E-state index in [1.807, 2.05) is 30.3 Å². The quantitative estimate of drug-likeness (QED) is 0.307. The van der Waals surface area contributed by atoms with Crippen LogP contribution in [0.15, 0.2) is 95.5 Å². The van der Waals surface area contributed by atoms with Crippen molar-refractivity contribution in [3.05, 3.63) is 107 Å². The molecule has 4 aromatic carbocycles. The van der Waals surface area contributed by atoms with Crippen LogP contribution in [0.4, 0.5) is 0 Å². The fourth-order valence-corrected chi connectivity index (χ4v) is 3.85. The number of rotatable bonds is 5. The third-order valence-electron chi connectivity index (χ3n) is 5.08. The van der Waals surface area contributed by atoms with Gasteiger partial charge in [0.05, 0.1) is 11.0 Å². The lowest BCUT2D eigenvalue weighted by atomic mass is 10.1. The zero-order chi connectivity index (χ0) is 19.6. The number of imidazole rings is 1. The van der Waals surface area contributed by atoms with Gasteiger partial charge in [0.1, 0.15) is 18.2 Å². The number of aromatic nitrogens is 2. The van der Waals surface area contributed by atoms with Crippen LogP contribution in [0, 0.1) is 0 Å². The Bertz CT molecular complexity index is 1290. The van der Waals surface area contributed by atoms with E-state index in [0.29, 0.717) is 6.61 Å². The first-order valence-electron chi connectivity index (χ1n) is 9.56. The van der Waals surface area contributed by atoms with Crippen LogP contribution in [-0.4, -0.2) is 9.55 Å². The van der Waals surface area contributed by atoms with E-state index in [0.717, 1.165) is 33.6 Å². The molecule has 3 nitrogen and oxygen atoms in total. The summed E-state index contributed by atoms with van der Waals surface area (Å²) >= 11 is 3.51. The molecule has 0 bridgehead atoms. The minimum atomic E-state index is 0.420. The van der Waals surface area contributed by atoms with Crippen LogP contribution in [0.25, 0.3) is 21.8 Å². The maximum absolute atomic E-state index is 6.14. The summed E-state index contributed by atoms with van der Waals surface area (Å²) in [5.41, 5.74) is 3.33. The van der Waals surface area contributed by atoms with E-state index in [2.05, 4.69) is 81.2 Å². The Morgan fingerprint density at radius 1 is 0.793 bits per heavy atom. The van der Waals surface area contributed by atoms with Crippen molar-refractivity contribution < 1.29 is 4.74 Å². The lowest BCUT2D eigenvalue weighted by molar-refractivity contribution is 0.291. The van der Waals surface area contributed by atoms with Crippen LogP contribution in [0.3, 0.4) is 0 Å². The maximum atomic E-state index is 6.14. The summed E-state index contributed by atoms with van der Waals surface area (Å²) in [4.78, 5) is 4.83. The SMILES string of the molecule is Brc1ccc(Cn2c(COc3ccc4ccccc4c3)nc3ccccc32)cc1. The Morgan fingerprint density at radius 2 is 1.55 bits per heavy atom. The van der Waals surface area contributed by atoms with Gasteiger partial charge in [0.25, 0.3) is 0 Å². The second-order valence-corrected chi connectivity index (χ2v) is 7.94. The van der Waals surface area contributed by atoms with Crippen LogP contribution >= 0.6 is 15.9 Å². The first kappa shape index (κ1) is 18.0. The predicted molar refractivity (Wildman–Crippen MR) is 121 cm³/mol. The Kier molecular flexibility index (Phi) is 4.78. The summed E-state index contributed by atoms with van der Waals surface area (Å²) < 4.78 is 9.45. The molecule has 1 aromatic heterocycles. The van der Waals surface area contributed by atoms with Crippen molar-refractivity contribution in [2.24, 2.45) is 0 Å². The normalized spacial score (nSPS) is 11.2. The van der Waals surface area contributed by atoms with Gasteiger partial charge < -0.3 is 9.30 Å². The minimum absolute atomic E-state index is 0.420. The van der Waals surface area contributed by atoms with Gasteiger partial charge in [-0.2, -0.15) is 0 Å². The van der Waals surface area contributed by atoms with Crippen molar-refractivity contribution in [3.63, 3.8) is 0 Å². The number of fused-ring (bicyclic) bond motifs is 2. The van der Waals surface area contributed by atoms with Crippen LogP contribution in [0.1, 0.15) is 11.4 Å². The molecule has 0 unspecified atom stereocenters. The van der Waals surface area contributed by atoms with E-state index in [9.17, 15) is 0 Å². The van der Waals surface area contributed by atoms with E-state index in [1.54, 1.807) is 0 Å². The summed E-state index contributed by atoms with van der Waals surface area (Å²) in [7, 11) is 0. The van der Waals surface area contributed by atoms with E-state index in [-0.39, 0.29) is 0 Å². The number of ether oxygens (including phenoxy) is 1. The summed E-state index contributed by atoms with van der Waals surface area (Å²) in [6.45, 7) is 1.17. The van der Waals surface area contributed by atoms with E-state index in [1.165, 1.54) is 16.3 Å². The summed E-state index contributed by atoms with van der Waals surface area (Å²) in [6, 6.07) is 31.1. The molecule has 0 aliphatic rings. The van der Waals surface area contributed by atoms with Crippen LogP contribution in [-0.2, 0) is 13.2 Å². The standard InChI is InChI=1S/C25H19BrN2O/c26-21-12-9-18(10-13-21)16-28-24-8-4-3-7-23(24)27-25(28)17-29-22-14-11-19-5-1-2-6-20(19)15-22/h1-15H,16-17H2. The number of hydrogen-bond acceptors (Lipinski definition) is 2. The van der Waals surface area contributed by atoms with Crippen LogP contribution in [0.5, 0.6) is 5.75 Å². The first-order valence-corrected chi connectivity index (χ1v) is 10.4. The Balaban J connectivity index is 1.46. The lowest BCUT2D eigenvalue weighted by Crippen LogP contribution is -2.08. The van der Waals surface area contributed by atoms with Gasteiger partial charge in [0.2, 0.25) is 0 Å². The van der Waals surface area contributed by atoms with Crippen LogP contribution in [0.2, 0.25) is 0 Å². The highest BCUT2D eigenvalue weighted by molar-refractivity contribution is 9.10. The van der Waals surface area contributed by atoms with Gasteiger partial charge >= 0.3 is 0 Å². The van der Waals surface area contributed by atoms with Crippen molar-refractivity contribution in [2.45, 2.75) is 13.2 Å². The zero-order valence-corrected chi connectivity index (χ0v) is 17.3. The van der Waals surface area contributed by atoms with Crippen molar-refractivity contribution >= 4 is 37.7 Å². The van der Waals surface area contributed by atoms with Crippen molar-refractivity contribution in [3.8, 4) is 5.75 Å². The summed E-state index contributed by atoms with van der Waals surface area (Å²) in [5, 5.41) is 2.38. The van der Waals surface area contributed by atoms with Crippen molar-refractivity contribution in [1.82, 2.24) is 9.55 Å². The number of benzene rings is 4. The maximum Gasteiger partial charge on any atom is 0.148 e. The second kappa shape index (κ2) is 7.72. The van der Waals surface area contributed by atoms with E-state index < -0.39 is 0 Å². The molecule has 0 aliphatic carbocycles. The van der Waals surface area contributed by atoms with Crippen molar-refractivity contribution in [1.29, 1.82) is 0 Å². The molecule has 29 heavy (non-hydrogen) atoms. The van der Waals surface area contributed by atoms with Gasteiger partial charge in [-0.05, 0) is 52.7 Å². The highest BCUT2D eigenvalue weighted by atomic mass is 79.9. The van der Waals surface area contributed by atoms with Gasteiger partial charge in [-0.1, -0.05) is 70.5 Å². The molecule has 5 rings (SSSR count). The molecule has 0 amide bonds. The monoisotopic (exact) mass is 442 g/mol. The smallest absolute Gasteiger partial charge is 0.148 e. The van der Waals surface area contributed by atoms with Crippen LogP contribution < -0.4 is 4.74 Å². The van der Waals surface area contributed by atoms with E-state index in [4.69, 9.17) is 9.72 Å². The summed E-state index contributed by atoms with van der Waals surface area (Å²) in [5.74, 6) is 1.77. The second-order valence-electron chi connectivity index (χ2n) is 7.03. The Morgan fingerprint density at radius 3 is 2.41 bits per heavy atom. The molecular formula is C25H19BrN2O. The number of para-hydroxylation sites is 2. The largest absolute Gasteiger partial charge is 0.486 e. The minimum Gasteiger partial charge on any atom is -0.486 e. The molecule has 5 aromatic rings. The molecule has 0 atom stereocenters. The third-order valence-corrected chi connectivity index (χ3v) is 5.61.